The van der Waals surface area contributed by atoms with Gasteiger partial charge in [-0.25, -0.2) is 4.79 Å². The molecule has 0 spiro atoms. The van der Waals surface area contributed by atoms with Gasteiger partial charge < -0.3 is 5.11 Å². The van der Waals surface area contributed by atoms with Crippen molar-refractivity contribution in [3.05, 3.63) is 23.8 Å². The second-order valence-corrected chi connectivity index (χ2v) is 5.41. The zero-order valence-corrected chi connectivity index (χ0v) is 12.6. The lowest BCUT2D eigenvalue weighted by Gasteiger charge is -2.12. The molecule has 1 aliphatic heterocycles. The third kappa shape index (κ3) is 4.86. The van der Waals surface area contributed by atoms with Crippen LogP contribution in [0.3, 0.4) is 0 Å². The molecule has 1 N–H and O–H groups in total. The van der Waals surface area contributed by atoms with Gasteiger partial charge in [-0.15, -0.1) is 0 Å². The van der Waals surface area contributed by atoms with Crippen LogP contribution in [0.1, 0.15) is 5.56 Å². The van der Waals surface area contributed by atoms with Crippen molar-refractivity contribution in [2.75, 3.05) is 11.4 Å². The molecule has 0 saturated carbocycles. The number of amides is 1. The van der Waals surface area contributed by atoms with Gasteiger partial charge in [0.15, 0.2) is 3.78 Å². The Morgan fingerprint density at radius 1 is 1.47 bits per heavy atom. The second kappa shape index (κ2) is 7.53. The molecule has 0 aliphatic carbocycles. The zero-order chi connectivity index (χ0) is 14.4. The number of rotatable bonds is 1. The number of carboxylic acid groups (broad SMARTS) is 1. The van der Waals surface area contributed by atoms with Gasteiger partial charge in [-0.2, -0.15) is 4.99 Å². The molecule has 1 aliphatic rings. The average Bonchev–Trinajstić information content (AvgIpc) is 2.71. The van der Waals surface area contributed by atoms with E-state index >= 15 is 0 Å². The number of isothiocyanates is 1. The first kappa shape index (κ1) is 16.0. The monoisotopic (exact) mass is 334 g/mol. The van der Waals surface area contributed by atoms with Crippen LogP contribution in [-0.2, 0) is 6.42 Å². The Balaban J connectivity index is 0.000000399. The molecule has 1 amide bonds. The molecule has 0 bridgehead atoms. The highest BCUT2D eigenvalue weighted by Crippen LogP contribution is 2.31. The van der Waals surface area contributed by atoms with Gasteiger partial charge >= 0.3 is 6.09 Å². The first-order valence-corrected chi connectivity index (χ1v) is 6.59. The van der Waals surface area contributed by atoms with E-state index in [1.165, 1.54) is 4.90 Å². The Hall–Kier alpha value is -1.04. The molecule has 1 aromatic rings. The van der Waals surface area contributed by atoms with Crippen LogP contribution in [-0.4, -0.2) is 26.7 Å². The largest absolute Gasteiger partial charge is 0.465 e. The number of hydrogen-bond acceptors (Lipinski definition) is 4. The van der Waals surface area contributed by atoms with E-state index < -0.39 is 6.09 Å². The fourth-order valence-corrected chi connectivity index (χ4v) is 1.79. The van der Waals surface area contributed by atoms with Crippen LogP contribution >= 0.6 is 47.6 Å². The Morgan fingerprint density at radius 3 is 2.63 bits per heavy atom. The maximum Gasteiger partial charge on any atom is 0.411 e. The molecule has 4 nitrogen and oxygen atoms in total. The van der Waals surface area contributed by atoms with E-state index in [0.29, 0.717) is 17.9 Å². The predicted octanol–water partition coefficient (Wildman–Crippen LogP) is 4.21. The van der Waals surface area contributed by atoms with Crippen LogP contribution < -0.4 is 4.90 Å². The Morgan fingerprint density at radius 2 is 2.11 bits per heavy atom. The van der Waals surface area contributed by atoms with Crippen LogP contribution in [0.15, 0.2) is 23.2 Å². The molecule has 0 aromatic heterocycles. The van der Waals surface area contributed by atoms with E-state index in [0.717, 1.165) is 12.0 Å². The van der Waals surface area contributed by atoms with Crippen molar-refractivity contribution in [3.63, 3.8) is 0 Å². The number of carbonyl (C=O) groups is 1. The lowest BCUT2D eigenvalue weighted by molar-refractivity contribution is 0.202. The predicted molar refractivity (Wildman–Crippen MR) is 84.5 cm³/mol. The molecule has 1 aromatic carbocycles. The summed E-state index contributed by atoms with van der Waals surface area (Å²) in [7, 11) is 0. The molecule has 0 saturated heterocycles. The highest BCUT2D eigenvalue weighted by molar-refractivity contribution is 7.86. The van der Waals surface area contributed by atoms with Gasteiger partial charge in [0.1, 0.15) is 0 Å². The summed E-state index contributed by atoms with van der Waals surface area (Å²) in [5.74, 6) is 0. The van der Waals surface area contributed by atoms with Gasteiger partial charge in [0, 0.05) is 6.54 Å². The van der Waals surface area contributed by atoms with Crippen molar-refractivity contribution < 1.29 is 9.90 Å². The quantitative estimate of drug-likeness (QED) is 0.474. The standard InChI is InChI=1S/C10H8N2O2S.CCl2S/c13-10(14)12-4-3-7-1-2-8(11-6-15)5-9(7)12;2-1(3)4/h1-2,5H,3-4H2,(H,13,14);. The van der Waals surface area contributed by atoms with E-state index in [1.807, 2.05) is 12.1 Å². The summed E-state index contributed by atoms with van der Waals surface area (Å²) in [4.78, 5) is 16.0. The van der Waals surface area contributed by atoms with E-state index in [4.69, 9.17) is 28.3 Å². The maximum absolute atomic E-state index is 10.9. The van der Waals surface area contributed by atoms with E-state index in [9.17, 15) is 4.79 Å². The van der Waals surface area contributed by atoms with Crippen LogP contribution in [0, 0.1) is 0 Å². The van der Waals surface area contributed by atoms with Gasteiger partial charge in [0.25, 0.3) is 0 Å². The van der Waals surface area contributed by atoms with Crippen molar-refractivity contribution in [1.82, 2.24) is 0 Å². The summed E-state index contributed by atoms with van der Waals surface area (Å²) in [6, 6.07) is 5.41. The van der Waals surface area contributed by atoms with Crippen molar-refractivity contribution >= 4 is 74.0 Å². The molecule has 1 heterocycles. The Kier molecular flexibility index (Phi) is 6.34. The van der Waals surface area contributed by atoms with E-state index in [1.54, 1.807) is 6.07 Å². The van der Waals surface area contributed by atoms with Gasteiger partial charge in [-0.3, -0.25) is 4.90 Å². The number of aliphatic imine (C=N–C) groups is 1. The number of benzene rings is 1. The topological polar surface area (TPSA) is 52.9 Å². The average molecular weight is 335 g/mol. The van der Waals surface area contributed by atoms with Gasteiger partial charge in [0.05, 0.1) is 16.5 Å². The molecule has 0 radical (unpaired) electrons. The number of fused-ring (bicyclic) bond motifs is 1. The summed E-state index contributed by atoms with van der Waals surface area (Å²) in [6.07, 6.45) is -0.180. The first-order chi connectivity index (χ1) is 8.95. The molecule has 19 heavy (non-hydrogen) atoms. The molecule has 100 valence electrons. The molecule has 0 unspecified atom stereocenters. The smallest absolute Gasteiger partial charge is 0.411 e. The molecular weight excluding hydrogens is 327 g/mol. The summed E-state index contributed by atoms with van der Waals surface area (Å²) in [6.45, 7) is 0.509. The number of thiocarbonyl (C=S) groups is 2. The number of halogens is 2. The highest BCUT2D eigenvalue weighted by atomic mass is 35.5. The lowest BCUT2D eigenvalue weighted by Crippen LogP contribution is -2.26. The van der Waals surface area contributed by atoms with Crippen molar-refractivity contribution in [2.45, 2.75) is 6.42 Å². The fourth-order valence-electron chi connectivity index (χ4n) is 1.69. The van der Waals surface area contributed by atoms with Crippen LogP contribution in [0.2, 0.25) is 0 Å². The van der Waals surface area contributed by atoms with Gasteiger partial charge in [-0.1, -0.05) is 41.5 Å². The van der Waals surface area contributed by atoms with Crippen LogP contribution in [0.5, 0.6) is 0 Å². The van der Waals surface area contributed by atoms with E-state index in [-0.39, 0.29) is 3.78 Å². The number of hydrogen-bond donors (Lipinski definition) is 1. The van der Waals surface area contributed by atoms with Gasteiger partial charge in [0.2, 0.25) is 0 Å². The maximum atomic E-state index is 10.9. The van der Waals surface area contributed by atoms with Crippen molar-refractivity contribution in [2.24, 2.45) is 4.99 Å². The molecule has 8 heteroatoms. The second-order valence-electron chi connectivity index (χ2n) is 3.43. The highest BCUT2D eigenvalue weighted by Gasteiger charge is 2.24. The fraction of sp³-hybridized carbons (Fsp3) is 0.182. The number of nitrogens with zero attached hydrogens (tertiary/aromatic N) is 2. The lowest BCUT2D eigenvalue weighted by atomic mass is 10.1. The minimum absolute atomic E-state index is 0.0556. The summed E-state index contributed by atoms with van der Waals surface area (Å²) in [5.41, 5.74) is 2.37. The zero-order valence-electron chi connectivity index (χ0n) is 9.47. The number of anilines is 1. The summed E-state index contributed by atoms with van der Waals surface area (Å²) in [5, 5.41) is 11.2. The molecule has 0 fully saturated rings. The van der Waals surface area contributed by atoms with E-state index in [2.05, 4.69) is 34.6 Å². The molecule has 2 rings (SSSR count). The normalized spacial score (nSPS) is 11.8. The summed E-state index contributed by atoms with van der Waals surface area (Å²) < 4.78 is -0.0556. The SMILES string of the molecule is O=C(O)N1CCc2ccc(N=C=S)cc21.S=C(Cl)Cl. The summed E-state index contributed by atoms with van der Waals surface area (Å²) >= 11 is 18.1. The van der Waals surface area contributed by atoms with Gasteiger partial charge in [-0.05, 0) is 36.3 Å². The molecule has 0 atom stereocenters. The van der Waals surface area contributed by atoms with Crippen LogP contribution in [0.25, 0.3) is 0 Å². The van der Waals surface area contributed by atoms with Crippen molar-refractivity contribution in [3.8, 4) is 0 Å². The minimum atomic E-state index is -0.933. The Labute approximate surface area is 130 Å². The molecular formula is C11H8Cl2N2O2S2. The van der Waals surface area contributed by atoms with Crippen molar-refractivity contribution in [1.29, 1.82) is 0 Å². The first-order valence-electron chi connectivity index (χ1n) is 5.02. The third-order valence-electron chi connectivity index (χ3n) is 2.37. The Bertz CT molecular complexity index is 556. The van der Waals surface area contributed by atoms with Crippen LogP contribution in [0.4, 0.5) is 16.2 Å². The third-order valence-corrected chi connectivity index (χ3v) is 2.46. The minimum Gasteiger partial charge on any atom is -0.465 e.